The molecule has 26 heavy (non-hydrogen) atoms. The first-order valence-corrected chi connectivity index (χ1v) is 8.50. The van der Waals surface area contributed by atoms with Gasteiger partial charge in [-0.25, -0.2) is 0 Å². The van der Waals surface area contributed by atoms with Crippen LogP contribution in [-0.2, 0) is 9.53 Å². The molecule has 6 heteroatoms. The number of ketones is 1. The Kier molecular flexibility index (Phi) is 6.52. The number of carbonyl (C=O) groups excluding carboxylic acids is 3. The van der Waals surface area contributed by atoms with Gasteiger partial charge in [-0.1, -0.05) is 29.3 Å². The van der Waals surface area contributed by atoms with E-state index in [9.17, 15) is 14.4 Å². The molecule has 0 aromatic heterocycles. The summed E-state index contributed by atoms with van der Waals surface area (Å²) in [5.74, 6) is -1.38. The molecule has 0 spiro atoms. The maximum absolute atomic E-state index is 12.5. The highest BCUT2D eigenvalue weighted by Gasteiger charge is 2.21. The van der Waals surface area contributed by atoms with Gasteiger partial charge in [0, 0.05) is 16.1 Å². The van der Waals surface area contributed by atoms with E-state index in [0.29, 0.717) is 16.1 Å². The van der Waals surface area contributed by atoms with E-state index in [4.69, 9.17) is 16.3 Å². The standard InChI is InChI=1S/C20H20ClNO4/c1-12-4-5-13(2)17(10-12)19(24)14(3)26-18(23)11-22-20(25)15-6-8-16(21)9-7-15/h4-10,14H,11H2,1-3H3,(H,22,25)/t14-/m0/s1. The number of rotatable bonds is 6. The quantitative estimate of drug-likeness (QED) is 0.621. The number of amides is 1. The van der Waals surface area contributed by atoms with Gasteiger partial charge < -0.3 is 10.1 Å². The highest BCUT2D eigenvalue weighted by atomic mass is 35.5. The van der Waals surface area contributed by atoms with Crippen LogP contribution in [-0.4, -0.2) is 30.3 Å². The first kappa shape index (κ1) is 19.7. The third-order valence-electron chi connectivity index (χ3n) is 3.84. The molecule has 136 valence electrons. The second-order valence-electron chi connectivity index (χ2n) is 6.00. The lowest BCUT2D eigenvalue weighted by Crippen LogP contribution is -2.34. The number of carbonyl (C=O) groups is 3. The summed E-state index contributed by atoms with van der Waals surface area (Å²) in [6.45, 7) is 4.90. The highest BCUT2D eigenvalue weighted by Crippen LogP contribution is 2.14. The summed E-state index contributed by atoms with van der Waals surface area (Å²) >= 11 is 5.76. The van der Waals surface area contributed by atoms with Gasteiger partial charge in [-0.15, -0.1) is 0 Å². The van der Waals surface area contributed by atoms with Crippen molar-refractivity contribution >= 4 is 29.3 Å². The van der Waals surface area contributed by atoms with Crippen LogP contribution in [0.15, 0.2) is 42.5 Å². The summed E-state index contributed by atoms with van der Waals surface area (Å²) in [7, 11) is 0. The molecular weight excluding hydrogens is 354 g/mol. The van der Waals surface area contributed by atoms with Crippen molar-refractivity contribution in [1.82, 2.24) is 5.32 Å². The fourth-order valence-electron chi connectivity index (χ4n) is 2.37. The van der Waals surface area contributed by atoms with Crippen LogP contribution in [0, 0.1) is 13.8 Å². The summed E-state index contributed by atoms with van der Waals surface area (Å²) in [5, 5.41) is 2.97. The number of hydrogen-bond donors (Lipinski definition) is 1. The Balaban J connectivity index is 1.90. The van der Waals surface area contributed by atoms with Crippen molar-refractivity contribution in [3.63, 3.8) is 0 Å². The van der Waals surface area contributed by atoms with Crippen molar-refractivity contribution in [1.29, 1.82) is 0 Å². The molecule has 0 aliphatic rings. The van der Waals surface area contributed by atoms with Gasteiger partial charge in [-0.05, 0) is 56.7 Å². The van der Waals surface area contributed by atoms with Crippen LogP contribution in [0.2, 0.25) is 5.02 Å². The number of esters is 1. The maximum Gasteiger partial charge on any atom is 0.326 e. The van der Waals surface area contributed by atoms with Crippen LogP contribution in [0.5, 0.6) is 0 Å². The lowest BCUT2D eigenvalue weighted by atomic mass is 9.99. The topological polar surface area (TPSA) is 72.5 Å². The minimum Gasteiger partial charge on any atom is -0.453 e. The van der Waals surface area contributed by atoms with E-state index in [-0.39, 0.29) is 12.3 Å². The summed E-state index contributed by atoms with van der Waals surface area (Å²) in [5.41, 5.74) is 2.67. The monoisotopic (exact) mass is 373 g/mol. The molecule has 0 radical (unpaired) electrons. The maximum atomic E-state index is 12.5. The van der Waals surface area contributed by atoms with Gasteiger partial charge in [-0.3, -0.25) is 14.4 Å². The van der Waals surface area contributed by atoms with Gasteiger partial charge in [0.05, 0.1) is 0 Å². The van der Waals surface area contributed by atoms with Crippen molar-refractivity contribution in [3.05, 3.63) is 69.7 Å². The average Bonchev–Trinajstić information content (AvgIpc) is 2.61. The van der Waals surface area contributed by atoms with Crippen LogP contribution in [0.4, 0.5) is 0 Å². The molecule has 2 rings (SSSR count). The lowest BCUT2D eigenvalue weighted by molar-refractivity contribution is -0.145. The molecule has 0 fully saturated rings. The number of aryl methyl sites for hydroxylation is 2. The molecule has 0 aliphatic carbocycles. The summed E-state index contributed by atoms with van der Waals surface area (Å²) in [6.07, 6.45) is -0.935. The summed E-state index contributed by atoms with van der Waals surface area (Å²) in [4.78, 5) is 36.3. The summed E-state index contributed by atoms with van der Waals surface area (Å²) < 4.78 is 5.14. The zero-order chi connectivity index (χ0) is 19.3. The predicted molar refractivity (Wildman–Crippen MR) is 99.6 cm³/mol. The van der Waals surface area contributed by atoms with E-state index in [1.165, 1.54) is 6.92 Å². The average molecular weight is 374 g/mol. The first-order chi connectivity index (χ1) is 12.3. The molecule has 1 N–H and O–H groups in total. The van der Waals surface area contributed by atoms with Crippen molar-refractivity contribution < 1.29 is 19.1 Å². The first-order valence-electron chi connectivity index (χ1n) is 8.12. The van der Waals surface area contributed by atoms with E-state index < -0.39 is 18.0 Å². The largest absolute Gasteiger partial charge is 0.453 e. The van der Waals surface area contributed by atoms with Crippen LogP contribution in [0.3, 0.4) is 0 Å². The van der Waals surface area contributed by atoms with E-state index >= 15 is 0 Å². The molecule has 0 saturated heterocycles. The van der Waals surface area contributed by atoms with Gasteiger partial charge in [0.2, 0.25) is 5.78 Å². The fourth-order valence-corrected chi connectivity index (χ4v) is 2.49. The molecule has 1 atom stereocenters. The molecule has 2 aromatic rings. The lowest BCUT2D eigenvalue weighted by Gasteiger charge is -2.14. The van der Waals surface area contributed by atoms with Crippen molar-refractivity contribution in [2.24, 2.45) is 0 Å². The molecule has 0 unspecified atom stereocenters. The number of hydrogen-bond acceptors (Lipinski definition) is 4. The zero-order valence-electron chi connectivity index (χ0n) is 14.8. The minimum absolute atomic E-state index is 0.274. The Labute approximate surface area is 157 Å². The fraction of sp³-hybridized carbons (Fsp3) is 0.250. The van der Waals surface area contributed by atoms with E-state index in [0.717, 1.165) is 11.1 Å². The van der Waals surface area contributed by atoms with Gasteiger partial charge in [0.1, 0.15) is 6.54 Å². The number of halogens is 1. The third-order valence-corrected chi connectivity index (χ3v) is 4.09. The number of nitrogens with one attached hydrogen (secondary N) is 1. The minimum atomic E-state index is -0.935. The Morgan fingerprint density at radius 1 is 1.08 bits per heavy atom. The SMILES string of the molecule is Cc1ccc(C)c(C(=O)[C@H](C)OC(=O)CNC(=O)c2ccc(Cl)cc2)c1. The molecule has 0 bridgehead atoms. The summed E-state index contributed by atoms with van der Waals surface area (Å²) in [6, 6.07) is 11.8. The van der Waals surface area contributed by atoms with Crippen LogP contribution in [0.25, 0.3) is 0 Å². The molecular formula is C20H20ClNO4. The smallest absolute Gasteiger partial charge is 0.326 e. The molecule has 0 aliphatic heterocycles. The van der Waals surface area contributed by atoms with Crippen molar-refractivity contribution in [3.8, 4) is 0 Å². The van der Waals surface area contributed by atoms with Gasteiger partial charge >= 0.3 is 5.97 Å². The Bertz CT molecular complexity index is 830. The zero-order valence-corrected chi connectivity index (χ0v) is 15.6. The predicted octanol–water partition coefficient (Wildman–Crippen LogP) is 3.50. The second-order valence-corrected chi connectivity index (χ2v) is 6.44. The van der Waals surface area contributed by atoms with Crippen molar-refractivity contribution in [2.75, 3.05) is 6.54 Å². The Morgan fingerprint density at radius 3 is 2.38 bits per heavy atom. The molecule has 0 heterocycles. The Hall–Kier alpha value is -2.66. The van der Waals surface area contributed by atoms with E-state index in [2.05, 4.69) is 5.32 Å². The van der Waals surface area contributed by atoms with Gasteiger partial charge in [-0.2, -0.15) is 0 Å². The van der Waals surface area contributed by atoms with Crippen LogP contribution < -0.4 is 5.32 Å². The van der Waals surface area contributed by atoms with Crippen LogP contribution in [0.1, 0.15) is 38.8 Å². The molecule has 2 aromatic carbocycles. The second kappa shape index (κ2) is 8.63. The normalized spacial score (nSPS) is 11.5. The van der Waals surface area contributed by atoms with Gasteiger partial charge in [0.25, 0.3) is 5.91 Å². The van der Waals surface area contributed by atoms with Crippen LogP contribution >= 0.6 is 11.6 Å². The van der Waals surface area contributed by atoms with E-state index in [1.54, 1.807) is 30.3 Å². The highest BCUT2D eigenvalue weighted by molar-refractivity contribution is 6.30. The number of Topliss-reactive ketones (excluding diaryl/α,β-unsaturated/α-hetero) is 1. The Morgan fingerprint density at radius 2 is 1.73 bits per heavy atom. The number of ether oxygens (including phenoxy) is 1. The molecule has 0 saturated carbocycles. The van der Waals surface area contributed by atoms with E-state index in [1.807, 2.05) is 26.0 Å². The molecule has 5 nitrogen and oxygen atoms in total. The third kappa shape index (κ3) is 5.17. The van der Waals surface area contributed by atoms with Crippen molar-refractivity contribution in [2.45, 2.75) is 26.9 Å². The van der Waals surface area contributed by atoms with Gasteiger partial charge in [0.15, 0.2) is 6.10 Å². The molecule has 1 amide bonds. The number of benzene rings is 2.